The van der Waals surface area contributed by atoms with Gasteiger partial charge < -0.3 is 4.74 Å². The highest BCUT2D eigenvalue weighted by molar-refractivity contribution is 7.10. The Morgan fingerprint density at radius 3 is 2.40 bits per heavy atom. The summed E-state index contributed by atoms with van der Waals surface area (Å²) in [5, 5.41) is 3.43. The van der Waals surface area contributed by atoms with E-state index in [0.717, 1.165) is 16.3 Å². The van der Waals surface area contributed by atoms with Crippen LogP contribution in [0.1, 0.15) is 32.0 Å². The van der Waals surface area contributed by atoms with Crippen molar-refractivity contribution in [3.8, 4) is 0 Å². The highest BCUT2D eigenvalue weighted by Gasteiger charge is 2.17. The number of rotatable bonds is 1. The van der Waals surface area contributed by atoms with Gasteiger partial charge in [-0.1, -0.05) is 0 Å². The van der Waals surface area contributed by atoms with E-state index in [1.54, 1.807) is 0 Å². The summed E-state index contributed by atoms with van der Waals surface area (Å²) in [6.45, 7) is 9.32. The van der Waals surface area contributed by atoms with Gasteiger partial charge in [-0.15, -0.1) is 0 Å². The van der Waals surface area contributed by atoms with Crippen molar-refractivity contribution in [2.75, 3.05) is 5.32 Å². The van der Waals surface area contributed by atoms with Gasteiger partial charge in [-0.2, -0.15) is 4.37 Å². The van der Waals surface area contributed by atoms with Crippen molar-refractivity contribution >= 4 is 22.6 Å². The van der Waals surface area contributed by atoms with Crippen molar-refractivity contribution in [1.82, 2.24) is 4.37 Å². The maximum Gasteiger partial charge on any atom is 0.412 e. The molecule has 15 heavy (non-hydrogen) atoms. The number of hydrogen-bond acceptors (Lipinski definition) is 4. The van der Waals surface area contributed by atoms with E-state index in [1.807, 2.05) is 34.6 Å². The van der Waals surface area contributed by atoms with Gasteiger partial charge in [0.05, 0.1) is 5.69 Å². The van der Waals surface area contributed by atoms with Gasteiger partial charge in [0.2, 0.25) is 0 Å². The minimum Gasteiger partial charge on any atom is -0.444 e. The van der Waals surface area contributed by atoms with Gasteiger partial charge in [0, 0.05) is 5.56 Å². The van der Waals surface area contributed by atoms with Gasteiger partial charge in [-0.25, -0.2) is 4.79 Å². The summed E-state index contributed by atoms with van der Waals surface area (Å²) in [5.74, 6) is 0. The first-order chi connectivity index (χ1) is 6.79. The van der Waals surface area contributed by atoms with Crippen LogP contribution in [-0.4, -0.2) is 16.1 Å². The fourth-order valence-electron chi connectivity index (χ4n) is 0.928. The fourth-order valence-corrected chi connectivity index (χ4v) is 1.71. The van der Waals surface area contributed by atoms with Gasteiger partial charge in [0.1, 0.15) is 10.6 Å². The molecule has 0 bridgehead atoms. The second-order valence-electron chi connectivity index (χ2n) is 4.35. The molecule has 0 aromatic carbocycles. The number of carbonyl (C=O) groups is 1. The zero-order chi connectivity index (χ0) is 11.6. The van der Waals surface area contributed by atoms with Crippen molar-refractivity contribution < 1.29 is 9.53 Å². The average molecular weight is 228 g/mol. The molecular formula is C10H16N2O2S. The monoisotopic (exact) mass is 228 g/mol. The van der Waals surface area contributed by atoms with E-state index in [9.17, 15) is 4.79 Å². The van der Waals surface area contributed by atoms with Crippen LogP contribution >= 0.6 is 11.5 Å². The van der Waals surface area contributed by atoms with E-state index in [1.165, 1.54) is 11.5 Å². The fraction of sp³-hybridized carbons (Fsp3) is 0.600. The first-order valence-corrected chi connectivity index (χ1v) is 5.50. The van der Waals surface area contributed by atoms with Crippen LogP contribution in [-0.2, 0) is 4.74 Å². The number of ether oxygens (including phenoxy) is 1. The highest BCUT2D eigenvalue weighted by Crippen LogP contribution is 2.23. The van der Waals surface area contributed by atoms with Crippen LogP contribution < -0.4 is 5.32 Å². The molecule has 1 rings (SSSR count). The first kappa shape index (κ1) is 12.0. The molecule has 0 aliphatic carbocycles. The van der Waals surface area contributed by atoms with Crippen molar-refractivity contribution in [2.24, 2.45) is 0 Å². The first-order valence-electron chi connectivity index (χ1n) is 4.72. The predicted octanol–water partition coefficient (Wildman–Crippen LogP) is 3.11. The predicted molar refractivity (Wildman–Crippen MR) is 61.4 cm³/mol. The zero-order valence-corrected chi connectivity index (χ0v) is 10.5. The molecule has 0 aliphatic heterocycles. The van der Waals surface area contributed by atoms with E-state index in [0.29, 0.717) is 0 Å². The standard InChI is InChI=1S/C10H16N2O2S/c1-6-7(2)12-15-8(6)11-9(13)14-10(3,4)5/h1-5H3,(H,11,13). The summed E-state index contributed by atoms with van der Waals surface area (Å²) in [6.07, 6.45) is -0.436. The lowest BCUT2D eigenvalue weighted by Crippen LogP contribution is -2.27. The smallest absolute Gasteiger partial charge is 0.412 e. The molecule has 1 heterocycles. The van der Waals surface area contributed by atoms with Gasteiger partial charge in [0.15, 0.2) is 0 Å². The molecule has 1 aromatic rings. The molecule has 84 valence electrons. The average Bonchev–Trinajstić information content (AvgIpc) is 2.32. The molecule has 0 aliphatic rings. The Bertz CT molecular complexity index is 366. The molecule has 1 aromatic heterocycles. The Kier molecular flexibility index (Phi) is 3.34. The van der Waals surface area contributed by atoms with E-state index in [-0.39, 0.29) is 0 Å². The highest BCUT2D eigenvalue weighted by atomic mass is 32.1. The molecule has 5 heteroatoms. The maximum absolute atomic E-state index is 11.4. The molecule has 4 nitrogen and oxygen atoms in total. The number of aromatic nitrogens is 1. The third kappa shape index (κ3) is 3.51. The summed E-state index contributed by atoms with van der Waals surface area (Å²) in [4.78, 5) is 11.4. The number of hydrogen-bond donors (Lipinski definition) is 1. The molecule has 1 N–H and O–H groups in total. The summed E-state index contributed by atoms with van der Waals surface area (Å²) in [7, 11) is 0. The Balaban J connectivity index is 2.63. The normalized spacial score (nSPS) is 11.3. The maximum atomic E-state index is 11.4. The summed E-state index contributed by atoms with van der Waals surface area (Å²) >= 11 is 1.27. The number of nitrogens with one attached hydrogen (secondary N) is 1. The number of carbonyl (C=O) groups excluding carboxylic acids is 1. The van der Waals surface area contributed by atoms with Crippen molar-refractivity contribution in [2.45, 2.75) is 40.2 Å². The van der Waals surface area contributed by atoms with E-state index >= 15 is 0 Å². The third-order valence-corrected chi connectivity index (χ3v) is 2.73. The summed E-state index contributed by atoms with van der Waals surface area (Å²) in [5.41, 5.74) is 1.45. The molecule has 0 spiro atoms. The van der Waals surface area contributed by atoms with Crippen LogP contribution in [0.15, 0.2) is 0 Å². The second-order valence-corrected chi connectivity index (χ2v) is 5.12. The van der Waals surface area contributed by atoms with Crippen molar-refractivity contribution in [3.05, 3.63) is 11.3 Å². The zero-order valence-electron chi connectivity index (χ0n) is 9.67. The molecule has 0 saturated heterocycles. The lowest BCUT2D eigenvalue weighted by molar-refractivity contribution is 0.0636. The molecular weight excluding hydrogens is 212 g/mol. The quantitative estimate of drug-likeness (QED) is 0.803. The number of amides is 1. The van der Waals surface area contributed by atoms with Gasteiger partial charge in [0.25, 0.3) is 0 Å². The minimum absolute atomic E-state index is 0.436. The van der Waals surface area contributed by atoms with Gasteiger partial charge >= 0.3 is 6.09 Å². The second kappa shape index (κ2) is 4.18. The van der Waals surface area contributed by atoms with E-state index in [4.69, 9.17) is 4.74 Å². The number of nitrogens with zero attached hydrogens (tertiary/aromatic N) is 1. The lowest BCUT2D eigenvalue weighted by atomic mass is 10.2. The van der Waals surface area contributed by atoms with Crippen molar-refractivity contribution in [3.63, 3.8) is 0 Å². The lowest BCUT2D eigenvalue weighted by Gasteiger charge is -2.19. The Hall–Kier alpha value is -1.10. The number of anilines is 1. The van der Waals surface area contributed by atoms with Crippen LogP contribution in [0.25, 0.3) is 0 Å². The molecule has 1 amide bonds. The van der Waals surface area contributed by atoms with Crippen LogP contribution in [0.2, 0.25) is 0 Å². The third-order valence-electron chi connectivity index (χ3n) is 1.77. The topological polar surface area (TPSA) is 51.2 Å². The van der Waals surface area contributed by atoms with Crippen LogP contribution in [0.5, 0.6) is 0 Å². The Morgan fingerprint density at radius 1 is 1.40 bits per heavy atom. The van der Waals surface area contributed by atoms with Gasteiger partial charge in [-0.05, 0) is 46.2 Å². The molecule has 0 saturated carbocycles. The Labute approximate surface area is 93.8 Å². The van der Waals surface area contributed by atoms with Crippen LogP contribution in [0, 0.1) is 13.8 Å². The van der Waals surface area contributed by atoms with Crippen molar-refractivity contribution in [1.29, 1.82) is 0 Å². The van der Waals surface area contributed by atoms with Gasteiger partial charge in [-0.3, -0.25) is 5.32 Å². The largest absolute Gasteiger partial charge is 0.444 e. The molecule has 0 atom stereocenters. The van der Waals surface area contributed by atoms with E-state index in [2.05, 4.69) is 9.69 Å². The Morgan fingerprint density at radius 2 is 2.00 bits per heavy atom. The summed E-state index contributed by atoms with van der Waals surface area (Å²) < 4.78 is 9.27. The molecule has 0 fully saturated rings. The van der Waals surface area contributed by atoms with Crippen LogP contribution in [0.4, 0.5) is 9.80 Å². The summed E-state index contributed by atoms with van der Waals surface area (Å²) in [6, 6.07) is 0. The van der Waals surface area contributed by atoms with Crippen LogP contribution in [0.3, 0.4) is 0 Å². The molecule has 0 unspecified atom stereocenters. The minimum atomic E-state index is -0.474. The SMILES string of the molecule is Cc1nsc(NC(=O)OC(C)(C)C)c1C. The number of aryl methyl sites for hydroxylation is 1. The molecule has 0 radical (unpaired) electrons. The van der Waals surface area contributed by atoms with E-state index < -0.39 is 11.7 Å².